The molecule has 0 radical (unpaired) electrons. The van der Waals surface area contributed by atoms with Gasteiger partial charge in [0.2, 0.25) is 0 Å². The van der Waals surface area contributed by atoms with Crippen LogP contribution in [0.1, 0.15) is 0 Å². The van der Waals surface area contributed by atoms with Crippen molar-refractivity contribution in [2.75, 3.05) is 0 Å². The van der Waals surface area contributed by atoms with E-state index in [-0.39, 0.29) is 19.0 Å². The first-order valence-electron chi connectivity index (χ1n) is 5.56. The Bertz CT molecular complexity index is 750. The minimum Gasteiger partial charge on any atom is -0.480 e. The molecule has 2 aromatic heterocycles. The van der Waals surface area contributed by atoms with Gasteiger partial charge in [-0.3, -0.25) is 4.79 Å². The maximum Gasteiger partial charge on any atom is 0.323 e. The van der Waals surface area contributed by atoms with Crippen molar-refractivity contribution >= 4 is 40.9 Å². The van der Waals surface area contributed by atoms with Crippen LogP contribution in [0.2, 0.25) is 5.02 Å². The van der Waals surface area contributed by atoms with Gasteiger partial charge in [-0.1, -0.05) is 16.8 Å². The van der Waals surface area contributed by atoms with Crippen LogP contribution in [0.15, 0.2) is 41.2 Å². The second-order valence-electron chi connectivity index (χ2n) is 4.11. The second-order valence-corrected chi connectivity index (χ2v) is 4.55. The third-order valence-corrected chi connectivity index (χ3v) is 3.10. The summed E-state index contributed by atoms with van der Waals surface area (Å²) in [6.45, 7) is -0.115. The highest BCUT2D eigenvalue weighted by molar-refractivity contribution is 6.31. The highest BCUT2D eigenvalue weighted by atomic mass is 35.5. The van der Waals surface area contributed by atoms with Crippen LogP contribution in [0.5, 0.6) is 0 Å². The first-order chi connectivity index (χ1) is 9.15. The lowest BCUT2D eigenvalue weighted by Gasteiger charge is -2.00. The number of carbonyl (C=O) groups is 1. The quantitative estimate of drug-likeness (QED) is 0.804. The summed E-state index contributed by atoms with van der Waals surface area (Å²) in [6, 6.07) is 7.04. The average Bonchev–Trinajstić information content (AvgIpc) is 2.96. The van der Waals surface area contributed by atoms with Crippen LogP contribution in [0.4, 0.5) is 0 Å². The summed E-state index contributed by atoms with van der Waals surface area (Å²) in [4.78, 5) is 10.9. The van der Waals surface area contributed by atoms with Gasteiger partial charge in [-0.25, -0.2) is 0 Å². The number of benzene rings is 1. The number of hydrogen-bond acceptors (Lipinski definition) is 3. The fraction of sp³-hybridized carbons (Fsp3) is 0.0769. The Labute approximate surface area is 125 Å². The van der Waals surface area contributed by atoms with Gasteiger partial charge in [0.05, 0.1) is 0 Å². The molecule has 0 atom stereocenters. The number of aromatic nitrogens is 2. The minimum absolute atomic E-state index is 0. The summed E-state index contributed by atoms with van der Waals surface area (Å²) in [5.41, 5.74) is 2.24. The molecule has 1 N–H and O–H groups in total. The Morgan fingerprint density at radius 2 is 2.20 bits per heavy atom. The summed E-state index contributed by atoms with van der Waals surface area (Å²) >= 11 is 6.00. The second kappa shape index (κ2) is 5.56. The summed E-state index contributed by atoms with van der Waals surface area (Å²) in [6.07, 6.45) is 3.22. The molecular formula is C13H10Cl2N2O3. The van der Waals surface area contributed by atoms with E-state index in [1.807, 2.05) is 0 Å². The zero-order chi connectivity index (χ0) is 13.4. The van der Waals surface area contributed by atoms with E-state index < -0.39 is 5.97 Å². The first-order valence-corrected chi connectivity index (χ1v) is 5.94. The molecule has 0 spiro atoms. The molecule has 0 aliphatic rings. The summed E-state index contributed by atoms with van der Waals surface area (Å²) in [5, 5.41) is 14.3. The number of carboxylic acids is 1. The minimum atomic E-state index is -0.904. The van der Waals surface area contributed by atoms with E-state index in [4.69, 9.17) is 21.2 Å². The zero-order valence-corrected chi connectivity index (χ0v) is 11.7. The Morgan fingerprint density at radius 3 is 2.85 bits per heavy atom. The van der Waals surface area contributed by atoms with Crippen LogP contribution in [0.3, 0.4) is 0 Å². The van der Waals surface area contributed by atoms with E-state index >= 15 is 0 Å². The van der Waals surface area contributed by atoms with Crippen LogP contribution in [0.25, 0.3) is 22.2 Å². The third-order valence-electron chi connectivity index (χ3n) is 2.86. The van der Waals surface area contributed by atoms with Crippen molar-refractivity contribution in [1.29, 1.82) is 0 Å². The predicted molar refractivity (Wildman–Crippen MR) is 77.3 cm³/mol. The normalized spacial score (nSPS) is 10.4. The Morgan fingerprint density at radius 1 is 1.40 bits per heavy atom. The van der Waals surface area contributed by atoms with Crippen LogP contribution < -0.4 is 0 Å². The maximum atomic E-state index is 10.9. The standard InChI is InChI=1S/C13H9ClN2O3.ClH/c14-8-1-2-12-9(5-8)10(11-3-4-19-15-11)6-16(12)7-13(17)18;/h1-6H,7H2,(H,17,18);1H. The Kier molecular flexibility index (Phi) is 4.01. The van der Waals surface area contributed by atoms with E-state index in [1.165, 1.54) is 6.26 Å². The molecule has 0 bridgehead atoms. The zero-order valence-electron chi connectivity index (χ0n) is 10.1. The molecule has 7 heteroatoms. The molecule has 0 saturated heterocycles. The fourth-order valence-corrected chi connectivity index (χ4v) is 2.27. The maximum absolute atomic E-state index is 10.9. The Balaban J connectivity index is 0.00000147. The van der Waals surface area contributed by atoms with Crippen molar-refractivity contribution in [3.63, 3.8) is 0 Å². The van der Waals surface area contributed by atoms with E-state index in [2.05, 4.69) is 5.16 Å². The van der Waals surface area contributed by atoms with Crippen molar-refractivity contribution in [3.8, 4) is 11.3 Å². The summed E-state index contributed by atoms with van der Waals surface area (Å²) in [5.74, 6) is -0.904. The van der Waals surface area contributed by atoms with E-state index in [0.29, 0.717) is 10.7 Å². The molecule has 5 nitrogen and oxygen atoms in total. The van der Waals surface area contributed by atoms with Crippen molar-refractivity contribution in [2.45, 2.75) is 6.54 Å². The highest BCUT2D eigenvalue weighted by Gasteiger charge is 2.14. The molecule has 0 aliphatic carbocycles. The van der Waals surface area contributed by atoms with Crippen LogP contribution >= 0.6 is 24.0 Å². The van der Waals surface area contributed by atoms with Gasteiger partial charge in [0.15, 0.2) is 0 Å². The third kappa shape index (κ3) is 2.50. The lowest BCUT2D eigenvalue weighted by molar-refractivity contribution is -0.137. The topological polar surface area (TPSA) is 68.3 Å². The van der Waals surface area contributed by atoms with Crippen molar-refractivity contribution in [3.05, 3.63) is 41.7 Å². The molecule has 3 aromatic rings. The molecule has 0 saturated carbocycles. The van der Waals surface area contributed by atoms with Gasteiger partial charge in [-0.15, -0.1) is 12.4 Å². The lowest BCUT2D eigenvalue weighted by atomic mass is 10.1. The molecule has 0 fully saturated rings. The van der Waals surface area contributed by atoms with Crippen molar-refractivity contribution < 1.29 is 14.4 Å². The molecule has 20 heavy (non-hydrogen) atoms. The summed E-state index contributed by atoms with van der Waals surface area (Å²) in [7, 11) is 0. The van der Waals surface area contributed by atoms with Gasteiger partial charge in [0.1, 0.15) is 18.5 Å². The van der Waals surface area contributed by atoms with Crippen LogP contribution in [0, 0.1) is 0 Å². The molecule has 1 aromatic carbocycles. The smallest absolute Gasteiger partial charge is 0.323 e. The van der Waals surface area contributed by atoms with Gasteiger partial charge in [-0.05, 0) is 18.2 Å². The average molecular weight is 313 g/mol. The van der Waals surface area contributed by atoms with Crippen molar-refractivity contribution in [2.24, 2.45) is 0 Å². The first kappa shape index (κ1) is 14.4. The number of fused-ring (bicyclic) bond motifs is 1. The Hall–Kier alpha value is -1.98. The van der Waals surface area contributed by atoms with E-state index in [9.17, 15) is 4.79 Å². The number of halogens is 2. The van der Waals surface area contributed by atoms with E-state index in [1.54, 1.807) is 35.0 Å². The summed E-state index contributed by atoms with van der Waals surface area (Å²) < 4.78 is 6.48. The number of rotatable bonds is 3. The fourth-order valence-electron chi connectivity index (χ4n) is 2.10. The molecule has 104 valence electrons. The van der Waals surface area contributed by atoms with Crippen LogP contribution in [-0.4, -0.2) is 20.8 Å². The van der Waals surface area contributed by atoms with Crippen LogP contribution in [-0.2, 0) is 11.3 Å². The number of carboxylic acid groups (broad SMARTS) is 1. The molecule has 2 heterocycles. The van der Waals surface area contributed by atoms with Crippen molar-refractivity contribution in [1.82, 2.24) is 9.72 Å². The van der Waals surface area contributed by atoms with Gasteiger partial charge >= 0.3 is 5.97 Å². The molecule has 0 unspecified atom stereocenters. The highest BCUT2D eigenvalue weighted by Crippen LogP contribution is 2.31. The molecular weight excluding hydrogens is 303 g/mol. The molecule has 0 aliphatic heterocycles. The van der Waals surface area contributed by atoms with Gasteiger partial charge < -0.3 is 14.2 Å². The monoisotopic (exact) mass is 312 g/mol. The lowest BCUT2D eigenvalue weighted by Crippen LogP contribution is -2.07. The van der Waals surface area contributed by atoms with Gasteiger partial charge in [0.25, 0.3) is 0 Å². The SMILES string of the molecule is Cl.O=C(O)Cn1cc(-c2ccon2)c2cc(Cl)ccc21. The number of nitrogens with zero attached hydrogens (tertiary/aromatic N) is 2. The largest absolute Gasteiger partial charge is 0.480 e. The molecule has 3 rings (SSSR count). The van der Waals surface area contributed by atoms with E-state index in [0.717, 1.165) is 16.5 Å². The number of hydrogen-bond donors (Lipinski definition) is 1. The predicted octanol–water partition coefficient (Wildman–Crippen LogP) is 3.46. The van der Waals surface area contributed by atoms with Gasteiger partial charge in [0, 0.05) is 33.8 Å². The number of aliphatic carboxylic acids is 1. The molecule has 0 amide bonds. The van der Waals surface area contributed by atoms with Gasteiger partial charge in [-0.2, -0.15) is 0 Å².